The van der Waals surface area contributed by atoms with Crippen molar-refractivity contribution < 1.29 is 17.9 Å². The molecule has 0 saturated carbocycles. The summed E-state index contributed by atoms with van der Waals surface area (Å²) in [6.45, 7) is 4.81. The van der Waals surface area contributed by atoms with Gasteiger partial charge in [-0.2, -0.15) is 0 Å². The summed E-state index contributed by atoms with van der Waals surface area (Å²) in [5.74, 6) is 0.444. The van der Waals surface area contributed by atoms with Crippen molar-refractivity contribution in [1.29, 1.82) is 0 Å². The summed E-state index contributed by atoms with van der Waals surface area (Å²) in [4.78, 5) is 4.22. The van der Waals surface area contributed by atoms with Crippen molar-refractivity contribution in [1.82, 2.24) is 0 Å². The molecule has 0 bridgehead atoms. The lowest BCUT2D eigenvalue weighted by atomic mass is 10.0. The summed E-state index contributed by atoms with van der Waals surface area (Å²) in [5.41, 5.74) is 6.28. The van der Waals surface area contributed by atoms with Gasteiger partial charge in [0.05, 0.1) is 0 Å². The second kappa shape index (κ2) is 7.75. The van der Waals surface area contributed by atoms with Crippen LogP contribution in [-0.4, -0.2) is 18.9 Å². The third-order valence-corrected chi connectivity index (χ3v) is 3.03. The molecule has 0 atom stereocenters. The van der Waals surface area contributed by atoms with Gasteiger partial charge in [-0.25, -0.2) is 0 Å². The van der Waals surface area contributed by atoms with Gasteiger partial charge in [-0.05, 0) is 30.2 Å². The van der Waals surface area contributed by atoms with Crippen molar-refractivity contribution in [2.45, 2.75) is 33.1 Å². The van der Waals surface area contributed by atoms with E-state index in [0.717, 1.165) is 12.8 Å². The van der Waals surface area contributed by atoms with Crippen LogP contribution in [0.2, 0.25) is 0 Å². The van der Waals surface area contributed by atoms with E-state index in [1.807, 2.05) is 0 Å². The first kappa shape index (κ1) is 17.1. The van der Waals surface area contributed by atoms with E-state index in [1.54, 1.807) is 0 Å². The summed E-state index contributed by atoms with van der Waals surface area (Å²) in [5, 5.41) is 2.83. The molecule has 0 radical (unpaired) electrons. The van der Waals surface area contributed by atoms with Crippen LogP contribution in [0.15, 0.2) is 29.3 Å². The first-order chi connectivity index (χ1) is 9.84. The topological polar surface area (TPSA) is 59.6 Å². The number of aliphatic imine (C=N–C) groups is 1. The van der Waals surface area contributed by atoms with Crippen LogP contribution < -0.4 is 15.8 Å². The van der Waals surface area contributed by atoms with Crippen LogP contribution in [0.3, 0.4) is 0 Å². The van der Waals surface area contributed by atoms with Crippen LogP contribution in [0.1, 0.15) is 26.7 Å². The number of ether oxygens (including phenoxy) is 1. The Labute approximate surface area is 122 Å². The number of hydrogen-bond donors (Lipinski definition) is 2. The number of nitrogens with one attached hydrogen (secondary N) is 1. The SMILES string of the molecule is CCC(CC)CN=C(N)Nc1ccc(OC(F)(F)F)cc1. The van der Waals surface area contributed by atoms with Crippen molar-refractivity contribution >= 4 is 11.6 Å². The first-order valence-electron chi connectivity index (χ1n) is 6.76. The molecule has 0 saturated heterocycles. The van der Waals surface area contributed by atoms with Crippen LogP contribution in [0, 0.1) is 5.92 Å². The minimum absolute atomic E-state index is 0.242. The number of rotatable bonds is 6. The van der Waals surface area contributed by atoms with Crippen LogP contribution in [0.5, 0.6) is 5.75 Å². The Kier molecular flexibility index (Phi) is 6.33. The fourth-order valence-electron chi connectivity index (χ4n) is 1.70. The number of halogens is 3. The molecule has 0 fully saturated rings. The largest absolute Gasteiger partial charge is 0.573 e. The molecular weight excluding hydrogens is 283 g/mol. The van der Waals surface area contributed by atoms with E-state index in [-0.39, 0.29) is 11.7 Å². The van der Waals surface area contributed by atoms with E-state index < -0.39 is 6.36 Å². The standard InChI is InChI=1S/C14H20F3N3O/c1-3-10(4-2)9-19-13(18)20-11-5-7-12(8-6-11)21-14(15,16)17/h5-8,10H,3-4,9H2,1-2H3,(H3,18,19,20). The molecule has 4 nitrogen and oxygen atoms in total. The summed E-state index contributed by atoms with van der Waals surface area (Å²) in [6, 6.07) is 5.31. The number of benzene rings is 1. The molecule has 0 unspecified atom stereocenters. The van der Waals surface area contributed by atoms with Gasteiger partial charge in [0.1, 0.15) is 5.75 Å². The molecule has 1 aromatic carbocycles. The highest BCUT2D eigenvalue weighted by Gasteiger charge is 2.30. The molecule has 1 rings (SSSR count). The van der Waals surface area contributed by atoms with Gasteiger partial charge in [-0.15, -0.1) is 13.2 Å². The molecule has 1 aromatic rings. The van der Waals surface area contributed by atoms with Crippen molar-refractivity contribution in [2.24, 2.45) is 16.6 Å². The van der Waals surface area contributed by atoms with Gasteiger partial charge in [0.25, 0.3) is 0 Å². The number of nitrogens with zero attached hydrogens (tertiary/aromatic N) is 1. The molecule has 0 aliphatic heterocycles. The maximum Gasteiger partial charge on any atom is 0.573 e. The third kappa shape index (κ3) is 6.87. The maximum absolute atomic E-state index is 12.0. The Hall–Kier alpha value is -1.92. The fourth-order valence-corrected chi connectivity index (χ4v) is 1.70. The van der Waals surface area contributed by atoms with Crippen LogP contribution >= 0.6 is 0 Å². The number of alkyl halides is 3. The van der Waals surface area contributed by atoms with Gasteiger partial charge in [0, 0.05) is 12.2 Å². The van der Waals surface area contributed by atoms with Gasteiger partial charge in [-0.3, -0.25) is 4.99 Å². The van der Waals surface area contributed by atoms with E-state index in [4.69, 9.17) is 5.73 Å². The predicted octanol–water partition coefficient (Wildman–Crippen LogP) is 3.75. The second-order valence-corrected chi connectivity index (χ2v) is 4.61. The lowest BCUT2D eigenvalue weighted by Gasteiger charge is -2.11. The lowest BCUT2D eigenvalue weighted by Crippen LogP contribution is -2.23. The van der Waals surface area contributed by atoms with Crippen molar-refractivity contribution in [3.8, 4) is 5.75 Å². The van der Waals surface area contributed by atoms with Gasteiger partial charge in [-0.1, -0.05) is 26.7 Å². The monoisotopic (exact) mass is 303 g/mol. The van der Waals surface area contributed by atoms with Crippen molar-refractivity contribution in [3.63, 3.8) is 0 Å². The Bertz CT molecular complexity index is 454. The molecule has 0 aliphatic rings. The van der Waals surface area contributed by atoms with E-state index >= 15 is 0 Å². The Balaban J connectivity index is 2.57. The van der Waals surface area contributed by atoms with Crippen LogP contribution in [0.25, 0.3) is 0 Å². The highest BCUT2D eigenvalue weighted by Crippen LogP contribution is 2.23. The van der Waals surface area contributed by atoms with Crippen LogP contribution in [0.4, 0.5) is 18.9 Å². The number of hydrogen-bond acceptors (Lipinski definition) is 2. The zero-order valence-corrected chi connectivity index (χ0v) is 12.1. The molecule has 118 valence electrons. The van der Waals surface area contributed by atoms with Gasteiger partial charge in [0.2, 0.25) is 0 Å². The smallest absolute Gasteiger partial charge is 0.406 e. The average molecular weight is 303 g/mol. The van der Waals surface area contributed by atoms with E-state index in [9.17, 15) is 13.2 Å². The van der Waals surface area contributed by atoms with E-state index in [1.165, 1.54) is 24.3 Å². The van der Waals surface area contributed by atoms with E-state index in [2.05, 4.69) is 28.9 Å². The Morgan fingerprint density at radius 2 is 1.81 bits per heavy atom. The highest BCUT2D eigenvalue weighted by atomic mass is 19.4. The van der Waals surface area contributed by atoms with E-state index in [0.29, 0.717) is 18.2 Å². The number of anilines is 1. The predicted molar refractivity (Wildman–Crippen MR) is 77.3 cm³/mol. The molecule has 7 heteroatoms. The molecule has 21 heavy (non-hydrogen) atoms. The number of nitrogens with two attached hydrogens (primary N) is 1. The van der Waals surface area contributed by atoms with Gasteiger partial charge >= 0.3 is 6.36 Å². The van der Waals surface area contributed by atoms with Crippen LogP contribution in [-0.2, 0) is 0 Å². The number of guanidine groups is 1. The zero-order valence-electron chi connectivity index (χ0n) is 12.1. The molecular formula is C14H20F3N3O. The quantitative estimate of drug-likeness (QED) is 0.621. The minimum Gasteiger partial charge on any atom is -0.406 e. The minimum atomic E-state index is -4.69. The van der Waals surface area contributed by atoms with Gasteiger partial charge < -0.3 is 15.8 Å². The summed E-state index contributed by atoms with van der Waals surface area (Å²) in [7, 11) is 0. The zero-order chi connectivity index (χ0) is 15.9. The fraction of sp³-hybridized carbons (Fsp3) is 0.500. The summed E-state index contributed by atoms with van der Waals surface area (Å²) in [6.07, 6.45) is -2.64. The Morgan fingerprint density at radius 3 is 2.29 bits per heavy atom. The molecule has 0 amide bonds. The maximum atomic E-state index is 12.0. The first-order valence-corrected chi connectivity index (χ1v) is 6.76. The van der Waals surface area contributed by atoms with Crippen molar-refractivity contribution in [2.75, 3.05) is 11.9 Å². The summed E-state index contributed by atoms with van der Waals surface area (Å²) >= 11 is 0. The lowest BCUT2D eigenvalue weighted by molar-refractivity contribution is -0.274. The molecule has 3 N–H and O–H groups in total. The third-order valence-electron chi connectivity index (χ3n) is 3.03. The van der Waals surface area contributed by atoms with Crippen molar-refractivity contribution in [3.05, 3.63) is 24.3 Å². The highest BCUT2D eigenvalue weighted by molar-refractivity contribution is 5.92. The summed E-state index contributed by atoms with van der Waals surface area (Å²) < 4.78 is 39.8. The average Bonchev–Trinajstić information content (AvgIpc) is 2.40. The molecule has 0 aliphatic carbocycles. The normalized spacial score (nSPS) is 12.6. The Morgan fingerprint density at radius 1 is 1.24 bits per heavy atom. The molecule has 0 spiro atoms. The molecule has 0 heterocycles. The van der Waals surface area contributed by atoms with Gasteiger partial charge in [0.15, 0.2) is 5.96 Å². The second-order valence-electron chi connectivity index (χ2n) is 4.61. The molecule has 0 aromatic heterocycles.